The summed E-state index contributed by atoms with van der Waals surface area (Å²) in [6, 6.07) is 0.201. The van der Waals surface area contributed by atoms with Gasteiger partial charge in [-0.25, -0.2) is 15.0 Å². The Bertz CT molecular complexity index is 843. The Balaban J connectivity index is 1.44. The molecule has 2 aliphatic heterocycles. The molecule has 0 saturated carbocycles. The second-order valence-corrected chi connectivity index (χ2v) is 9.59. The van der Waals surface area contributed by atoms with Crippen molar-refractivity contribution in [3.05, 3.63) is 12.7 Å². The van der Waals surface area contributed by atoms with Crippen LogP contribution < -0.4 is 15.5 Å². The molecule has 0 spiro atoms. The smallest absolute Gasteiger partial charge is 0.225 e. The minimum Gasteiger partial charge on any atom is -0.354 e. The monoisotopic (exact) mass is 385 g/mol. The number of rotatable bonds is 3. The molecule has 8 nitrogen and oxygen atoms in total. The topological polar surface area (TPSA) is 98.8 Å². The summed E-state index contributed by atoms with van der Waals surface area (Å²) < 4.78 is 0. The van der Waals surface area contributed by atoms with Crippen molar-refractivity contribution in [1.82, 2.24) is 30.6 Å². The van der Waals surface area contributed by atoms with Crippen LogP contribution in [-0.4, -0.2) is 56.1 Å². The normalized spacial score (nSPS) is 25.0. The second kappa shape index (κ2) is 6.99. The number of piperidine rings is 2. The van der Waals surface area contributed by atoms with E-state index in [1.165, 1.54) is 0 Å². The van der Waals surface area contributed by atoms with Crippen LogP contribution >= 0.6 is 0 Å². The Labute approximate surface area is 165 Å². The highest BCUT2D eigenvalue weighted by molar-refractivity contribution is 5.84. The highest BCUT2D eigenvalue weighted by atomic mass is 16.2. The van der Waals surface area contributed by atoms with E-state index in [9.17, 15) is 4.79 Å². The Morgan fingerprint density at radius 2 is 1.93 bits per heavy atom. The summed E-state index contributed by atoms with van der Waals surface area (Å²) in [6.07, 6.45) is 6.95. The molecule has 8 heteroatoms. The first-order valence-corrected chi connectivity index (χ1v) is 10.2. The quantitative estimate of drug-likeness (QED) is 0.747. The molecule has 0 radical (unpaired) electrons. The molecule has 3 N–H and O–H groups in total. The number of imidazole rings is 1. The molecular formula is C20H31N7O. The lowest BCUT2D eigenvalue weighted by Gasteiger charge is -2.47. The molecule has 0 unspecified atom stereocenters. The van der Waals surface area contributed by atoms with Gasteiger partial charge in [-0.2, -0.15) is 0 Å². The molecule has 1 amide bonds. The minimum absolute atomic E-state index is 0.0193. The van der Waals surface area contributed by atoms with Gasteiger partial charge in [0.05, 0.1) is 12.2 Å². The van der Waals surface area contributed by atoms with E-state index in [0.717, 1.165) is 43.6 Å². The van der Waals surface area contributed by atoms with Crippen LogP contribution in [0.1, 0.15) is 53.4 Å². The van der Waals surface area contributed by atoms with Gasteiger partial charge in [-0.05, 0) is 53.4 Å². The van der Waals surface area contributed by atoms with Gasteiger partial charge in [-0.3, -0.25) is 4.79 Å². The van der Waals surface area contributed by atoms with Crippen LogP contribution in [0.15, 0.2) is 12.7 Å². The predicted molar refractivity (Wildman–Crippen MR) is 109 cm³/mol. The van der Waals surface area contributed by atoms with Crippen molar-refractivity contribution < 1.29 is 4.79 Å². The number of carbonyl (C=O) groups excluding carboxylic acids is 1. The van der Waals surface area contributed by atoms with Crippen molar-refractivity contribution in [1.29, 1.82) is 0 Å². The molecule has 2 aromatic rings. The molecule has 1 atom stereocenters. The number of anilines is 1. The van der Waals surface area contributed by atoms with E-state index in [0.29, 0.717) is 12.2 Å². The number of hydrogen-bond acceptors (Lipinski definition) is 6. The van der Waals surface area contributed by atoms with Gasteiger partial charge in [0.2, 0.25) is 5.91 Å². The molecule has 0 bridgehead atoms. The number of carbonyl (C=O) groups is 1. The molecular weight excluding hydrogens is 354 g/mol. The lowest BCUT2D eigenvalue weighted by Crippen LogP contribution is -2.62. The zero-order valence-electron chi connectivity index (χ0n) is 17.2. The first-order chi connectivity index (χ1) is 13.2. The van der Waals surface area contributed by atoms with Crippen molar-refractivity contribution in [2.75, 3.05) is 18.0 Å². The van der Waals surface area contributed by atoms with Crippen LogP contribution in [-0.2, 0) is 4.79 Å². The van der Waals surface area contributed by atoms with Crippen LogP contribution in [0.3, 0.4) is 0 Å². The highest BCUT2D eigenvalue weighted by Gasteiger charge is 2.39. The van der Waals surface area contributed by atoms with Crippen LogP contribution in [0.5, 0.6) is 0 Å². The predicted octanol–water partition coefficient (Wildman–Crippen LogP) is 1.99. The average molecular weight is 386 g/mol. The maximum atomic E-state index is 13.1. The minimum atomic E-state index is -0.0252. The zero-order valence-corrected chi connectivity index (χ0v) is 17.2. The van der Waals surface area contributed by atoms with E-state index in [1.54, 1.807) is 12.7 Å². The van der Waals surface area contributed by atoms with Crippen LogP contribution in [0.4, 0.5) is 5.82 Å². The van der Waals surface area contributed by atoms with Crippen LogP contribution in [0, 0.1) is 5.92 Å². The SMILES string of the molecule is CC1(C)CC(NC(=O)[C@@H]2CCCN(c3ncnc4nc[nH]c34)C2)CC(C)(C)N1. The molecule has 0 aliphatic carbocycles. The summed E-state index contributed by atoms with van der Waals surface area (Å²) in [6.45, 7) is 10.4. The fourth-order valence-electron chi connectivity index (χ4n) is 5.12. The first-order valence-electron chi connectivity index (χ1n) is 10.2. The van der Waals surface area contributed by atoms with Gasteiger partial charge in [-0.1, -0.05) is 0 Å². The molecule has 2 aliphatic rings. The molecule has 2 aromatic heterocycles. The molecule has 0 aromatic carbocycles. The van der Waals surface area contributed by atoms with Crippen molar-refractivity contribution in [3.63, 3.8) is 0 Å². The number of amides is 1. The number of nitrogens with one attached hydrogen (secondary N) is 3. The maximum Gasteiger partial charge on any atom is 0.225 e. The van der Waals surface area contributed by atoms with Gasteiger partial charge in [0.1, 0.15) is 11.8 Å². The highest BCUT2D eigenvalue weighted by Crippen LogP contribution is 2.30. The van der Waals surface area contributed by atoms with E-state index >= 15 is 0 Å². The molecule has 2 fully saturated rings. The van der Waals surface area contributed by atoms with Gasteiger partial charge in [0.15, 0.2) is 11.5 Å². The molecule has 2 saturated heterocycles. The van der Waals surface area contributed by atoms with Crippen molar-refractivity contribution >= 4 is 22.9 Å². The van der Waals surface area contributed by atoms with E-state index in [4.69, 9.17) is 0 Å². The third kappa shape index (κ3) is 3.97. The number of aromatic nitrogens is 4. The molecule has 152 valence electrons. The number of nitrogens with zero attached hydrogens (tertiary/aromatic N) is 4. The first kappa shape index (κ1) is 19.1. The molecule has 28 heavy (non-hydrogen) atoms. The van der Waals surface area contributed by atoms with E-state index in [1.807, 2.05) is 0 Å². The number of hydrogen-bond donors (Lipinski definition) is 3. The molecule has 4 rings (SSSR count). The zero-order chi connectivity index (χ0) is 19.9. The van der Waals surface area contributed by atoms with Gasteiger partial charge >= 0.3 is 0 Å². The lowest BCUT2D eigenvalue weighted by atomic mass is 9.79. The van der Waals surface area contributed by atoms with E-state index < -0.39 is 0 Å². The van der Waals surface area contributed by atoms with Gasteiger partial charge in [-0.15, -0.1) is 0 Å². The summed E-state index contributed by atoms with van der Waals surface area (Å²) in [5.41, 5.74) is 1.54. The van der Waals surface area contributed by atoms with Crippen molar-refractivity contribution in [2.24, 2.45) is 5.92 Å². The summed E-state index contributed by atoms with van der Waals surface area (Å²) >= 11 is 0. The van der Waals surface area contributed by atoms with Crippen molar-refractivity contribution in [2.45, 2.75) is 70.5 Å². The Morgan fingerprint density at radius 1 is 1.18 bits per heavy atom. The fraction of sp³-hybridized carbons (Fsp3) is 0.700. The maximum absolute atomic E-state index is 13.1. The van der Waals surface area contributed by atoms with Gasteiger partial charge in [0, 0.05) is 30.2 Å². The summed E-state index contributed by atoms with van der Waals surface area (Å²) in [5.74, 6) is 0.977. The number of aromatic amines is 1. The Hall–Kier alpha value is -2.22. The van der Waals surface area contributed by atoms with Gasteiger partial charge in [0.25, 0.3) is 0 Å². The average Bonchev–Trinajstić information content (AvgIpc) is 3.07. The summed E-state index contributed by atoms with van der Waals surface area (Å²) in [5, 5.41) is 7.02. The number of fused-ring (bicyclic) bond motifs is 1. The summed E-state index contributed by atoms with van der Waals surface area (Å²) in [7, 11) is 0. The van der Waals surface area contributed by atoms with Crippen molar-refractivity contribution in [3.8, 4) is 0 Å². The van der Waals surface area contributed by atoms with E-state index in [-0.39, 0.29) is 28.9 Å². The largest absolute Gasteiger partial charge is 0.354 e. The summed E-state index contributed by atoms with van der Waals surface area (Å²) in [4.78, 5) is 31.2. The van der Waals surface area contributed by atoms with E-state index in [2.05, 4.69) is 63.2 Å². The molecule has 4 heterocycles. The third-order valence-electron chi connectivity index (χ3n) is 5.83. The van der Waals surface area contributed by atoms with Gasteiger partial charge < -0.3 is 20.5 Å². The lowest BCUT2D eigenvalue weighted by molar-refractivity contribution is -0.126. The third-order valence-corrected chi connectivity index (χ3v) is 5.83. The van der Waals surface area contributed by atoms with Crippen LogP contribution in [0.2, 0.25) is 0 Å². The Morgan fingerprint density at radius 3 is 2.68 bits per heavy atom. The van der Waals surface area contributed by atoms with Crippen LogP contribution in [0.25, 0.3) is 11.2 Å². The fourth-order valence-corrected chi connectivity index (χ4v) is 5.12. The Kier molecular flexibility index (Phi) is 4.77. The second-order valence-electron chi connectivity index (χ2n) is 9.59. The standard InChI is InChI=1S/C20H31N7O/c1-19(2)8-14(9-20(3,4)26-19)25-18(28)13-6-5-7-27(10-13)17-15-16(22-11-21-15)23-12-24-17/h11-14,26H,5-10H2,1-4H3,(H,25,28)(H,21,22,23,24)/t13-/m1/s1. The number of H-pyrrole nitrogens is 1.